The maximum atomic E-state index is 13.1. The molecular weight excluding hydrogens is 393 g/mol. The molecule has 31 heavy (non-hydrogen) atoms. The van der Waals surface area contributed by atoms with E-state index in [1.807, 2.05) is 29.6 Å². The predicted molar refractivity (Wildman–Crippen MR) is 116 cm³/mol. The Labute approximate surface area is 181 Å². The number of nitrogens with zero attached hydrogens (tertiary/aromatic N) is 3. The van der Waals surface area contributed by atoms with Gasteiger partial charge in [0.1, 0.15) is 5.82 Å². The highest BCUT2D eigenvalue weighted by molar-refractivity contribution is 5.78. The topological polar surface area (TPSA) is 58.4 Å². The molecule has 2 atom stereocenters. The minimum atomic E-state index is -0.430. The van der Waals surface area contributed by atoms with Crippen LogP contribution in [0.3, 0.4) is 0 Å². The number of aliphatic hydroxyl groups is 1. The summed E-state index contributed by atoms with van der Waals surface area (Å²) in [6.45, 7) is 1.30. The summed E-state index contributed by atoms with van der Waals surface area (Å²) in [5.74, 6) is -0.0550. The standard InChI is InChI=1S/C25H26FN3O2/c26-19-7-5-17(6-8-19)13-25(31)28-11-9-18(10-12-28)24(30)14-22-20-3-1-2-4-21(20)23-15-27-16-29(22)23/h1-8,15-16,18,22,24,30H,9-14H2/t22-,24+/m0/s1. The van der Waals surface area contributed by atoms with E-state index < -0.39 is 6.10 Å². The quantitative estimate of drug-likeness (QED) is 0.684. The van der Waals surface area contributed by atoms with Crippen LogP contribution in [0.2, 0.25) is 0 Å². The average Bonchev–Trinajstić information content (AvgIpc) is 3.38. The van der Waals surface area contributed by atoms with Crippen molar-refractivity contribution in [2.75, 3.05) is 13.1 Å². The minimum absolute atomic E-state index is 0.0623. The monoisotopic (exact) mass is 419 g/mol. The van der Waals surface area contributed by atoms with E-state index >= 15 is 0 Å². The van der Waals surface area contributed by atoms with E-state index in [0.29, 0.717) is 19.5 Å². The molecule has 3 aromatic rings. The predicted octanol–water partition coefficient (Wildman–Crippen LogP) is 3.82. The number of likely N-dealkylation sites (tertiary alicyclic amines) is 1. The highest BCUT2D eigenvalue weighted by atomic mass is 19.1. The van der Waals surface area contributed by atoms with Crippen molar-refractivity contribution in [3.63, 3.8) is 0 Å². The molecule has 0 bridgehead atoms. The highest BCUT2D eigenvalue weighted by Crippen LogP contribution is 2.42. The van der Waals surface area contributed by atoms with Crippen LogP contribution < -0.4 is 0 Å². The third-order valence-electron chi connectivity index (χ3n) is 6.77. The molecule has 5 nitrogen and oxygen atoms in total. The largest absolute Gasteiger partial charge is 0.393 e. The SMILES string of the molecule is O=C(Cc1ccc(F)cc1)N1CCC([C@H](O)C[C@H]2c3ccccc3-c3cncn32)CC1. The second-order valence-corrected chi connectivity index (χ2v) is 8.61. The maximum Gasteiger partial charge on any atom is 0.226 e. The number of carbonyl (C=O) groups is 1. The first-order valence-corrected chi connectivity index (χ1v) is 10.9. The second kappa shape index (κ2) is 8.27. The number of carbonyl (C=O) groups excluding carboxylic acids is 1. The molecule has 0 radical (unpaired) electrons. The molecule has 1 saturated heterocycles. The smallest absolute Gasteiger partial charge is 0.226 e. The van der Waals surface area contributed by atoms with Crippen molar-refractivity contribution >= 4 is 5.91 Å². The summed E-state index contributed by atoms with van der Waals surface area (Å²) in [5.41, 5.74) is 4.36. The number of fused-ring (bicyclic) bond motifs is 3. The fourth-order valence-corrected chi connectivity index (χ4v) is 5.02. The molecule has 0 spiro atoms. The number of hydrogen-bond donors (Lipinski definition) is 1. The number of imidazole rings is 1. The van der Waals surface area contributed by atoms with Crippen molar-refractivity contribution in [1.29, 1.82) is 0 Å². The number of benzene rings is 2. The van der Waals surface area contributed by atoms with E-state index in [1.165, 1.54) is 23.3 Å². The molecule has 1 fully saturated rings. The molecular formula is C25H26FN3O2. The number of piperidine rings is 1. The fourth-order valence-electron chi connectivity index (χ4n) is 5.02. The second-order valence-electron chi connectivity index (χ2n) is 8.61. The van der Waals surface area contributed by atoms with Crippen LogP contribution in [0.5, 0.6) is 0 Å². The van der Waals surface area contributed by atoms with Crippen LogP contribution in [-0.4, -0.2) is 44.7 Å². The third-order valence-corrected chi connectivity index (χ3v) is 6.77. The average molecular weight is 420 g/mol. The first kappa shape index (κ1) is 19.9. The van der Waals surface area contributed by atoms with Gasteiger partial charge in [0.2, 0.25) is 5.91 Å². The number of aromatic nitrogens is 2. The molecule has 0 unspecified atom stereocenters. The van der Waals surface area contributed by atoms with E-state index in [1.54, 1.807) is 12.1 Å². The Kier molecular flexibility index (Phi) is 5.32. The van der Waals surface area contributed by atoms with E-state index in [-0.39, 0.29) is 30.1 Å². The summed E-state index contributed by atoms with van der Waals surface area (Å²) >= 11 is 0. The number of halogens is 1. The summed E-state index contributed by atoms with van der Waals surface area (Å²) in [4.78, 5) is 18.8. The lowest BCUT2D eigenvalue weighted by atomic mass is 9.86. The van der Waals surface area contributed by atoms with Gasteiger partial charge in [-0.15, -0.1) is 0 Å². The molecule has 1 N–H and O–H groups in total. The van der Waals surface area contributed by atoms with Gasteiger partial charge in [-0.25, -0.2) is 9.37 Å². The van der Waals surface area contributed by atoms with Crippen molar-refractivity contribution in [2.45, 2.75) is 37.8 Å². The molecule has 3 heterocycles. The zero-order valence-electron chi connectivity index (χ0n) is 17.3. The molecule has 2 aliphatic rings. The lowest BCUT2D eigenvalue weighted by Crippen LogP contribution is -2.42. The van der Waals surface area contributed by atoms with Gasteiger partial charge in [0.15, 0.2) is 0 Å². The van der Waals surface area contributed by atoms with Crippen LogP contribution in [0.1, 0.15) is 36.4 Å². The van der Waals surface area contributed by atoms with Gasteiger partial charge >= 0.3 is 0 Å². The summed E-state index contributed by atoms with van der Waals surface area (Å²) in [5, 5.41) is 11.0. The molecule has 1 aromatic heterocycles. The van der Waals surface area contributed by atoms with Gasteiger partial charge in [-0.3, -0.25) is 4.79 Å². The zero-order chi connectivity index (χ0) is 21.4. The summed E-state index contributed by atoms with van der Waals surface area (Å²) < 4.78 is 15.2. The Bertz CT molecular complexity index is 1070. The lowest BCUT2D eigenvalue weighted by molar-refractivity contribution is -0.132. The number of amides is 1. The first-order valence-electron chi connectivity index (χ1n) is 10.9. The zero-order valence-corrected chi connectivity index (χ0v) is 17.3. The Morgan fingerprint density at radius 3 is 2.65 bits per heavy atom. The van der Waals surface area contributed by atoms with Crippen LogP contribution in [0, 0.1) is 11.7 Å². The summed E-state index contributed by atoms with van der Waals surface area (Å²) in [6.07, 6.45) is 5.83. The van der Waals surface area contributed by atoms with Gasteiger partial charge in [-0.05, 0) is 48.4 Å². The van der Waals surface area contributed by atoms with E-state index in [0.717, 1.165) is 24.1 Å². The van der Waals surface area contributed by atoms with Gasteiger partial charge in [0.05, 0.1) is 36.8 Å². The number of hydrogen-bond acceptors (Lipinski definition) is 3. The van der Waals surface area contributed by atoms with Crippen LogP contribution >= 0.6 is 0 Å². The Hall–Kier alpha value is -2.99. The molecule has 0 saturated carbocycles. The molecule has 1 amide bonds. The van der Waals surface area contributed by atoms with Crippen LogP contribution in [0.25, 0.3) is 11.3 Å². The number of aliphatic hydroxyl groups excluding tert-OH is 1. The van der Waals surface area contributed by atoms with Crippen molar-refractivity contribution < 1.29 is 14.3 Å². The maximum absolute atomic E-state index is 13.1. The van der Waals surface area contributed by atoms with Gasteiger partial charge in [0, 0.05) is 18.7 Å². The molecule has 160 valence electrons. The van der Waals surface area contributed by atoms with Crippen molar-refractivity contribution in [3.05, 3.63) is 78.0 Å². The molecule has 2 aromatic carbocycles. The summed E-state index contributed by atoms with van der Waals surface area (Å²) in [7, 11) is 0. The van der Waals surface area contributed by atoms with Crippen LogP contribution in [0.4, 0.5) is 4.39 Å². The first-order chi connectivity index (χ1) is 15.1. The van der Waals surface area contributed by atoms with E-state index in [4.69, 9.17) is 0 Å². The molecule has 5 rings (SSSR count). The van der Waals surface area contributed by atoms with Crippen molar-refractivity contribution in [3.8, 4) is 11.3 Å². The molecule has 2 aliphatic heterocycles. The number of rotatable bonds is 5. The van der Waals surface area contributed by atoms with Gasteiger partial charge in [-0.2, -0.15) is 0 Å². The Morgan fingerprint density at radius 2 is 1.87 bits per heavy atom. The lowest BCUT2D eigenvalue weighted by Gasteiger charge is -2.35. The Balaban J connectivity index is 1.19. The van der Waals surface area contributed by atoms with Crippen LogP contribution in [-0.2, 0) is 11.2 Å². The molecule has 6 heteroatoms. The molecule has 0 aliphatic carbocycles. The van der Waals surface area contributed by atoms with E-state index in [2.05, 4.69) is 21.7 Å². The van der Waals surface area contributed by atoms with E-state index in [9.17, 15) is 14.3 Å². The fraction of sp³-hybridized carbons (Fsp3) is 0.360. The summed E-state index contributed by atoms with van der Waals surface area (Å²) in [6, 6.07) is 14.5. The van der Waals surface area contributed by atoms with Crippen molar-refractivity contribution in [2.24, 2.45) is 5.92 Å². The van der Waals surface area contributed by atoms with Crippen molar-refractivity contribution in [1.82, 2.24) is 14.5 Å². The van der Waals surface area contributed by atoms with Crippen LogP contribution in [0.15, 0.2) is 61.1 Å². The minimum Gasteiger partial charge on any atom is -0.393 e. The van der Waals surface area contributed by atoms with Gasteiger partial charge in [-0.1, -0.05) is 36.4 Å². The Morgan fingerprint density at radius 1 is 1.13 bits per heavy atom. The van der Waals surface area contributed by atoms with Gasteiger partial charge in [0.25, 0.3) is 0 Å². The van der Waals surface area contributed by atoms with Gasteiger partial charge < -0.3 is 14.6 Å². The highest BCUT2D eigenvalue weighted by Gasteiger charge is 2.33. The normalized spacial score (nSPS) is 19.2. The third kappa shape index (κ3) is 3.88.